The second-order valence-electron chi connectivity index (χ2n) is 6.95. The lowest BCUT2D eigenvalue weighted by atomic mass is 10.2. The minimum atomic E-state index is -0.750. The molecule has 30 heavy (non-hydrogen) atoms. The zero-order valence-electron chi connectivity index (χ0n) is 16.3. The van der Waals surface area contributed by atoms with Gasteiger partial charge in [-0.1, -0.05) is 42.5 Å². The highest BCUT2D eigenvalue weighted by molar-refractivity contribution is 6.01. The number of furan rings is 1. The molecule has 0 aliphatic heterocycles. The molecular formula is C22H20N4O4. The van der Waals surface area contributed by atoms with Crippen LogP contribution in [0.2, 0.25) is 0 Å². The van der Waals surface area contributed by atoms with Crippen LogP contribution in [0.5, 0.6) is 0 Å². The van der Waals surface area contributed by atoms with E-state index in [1.165, 1.54) is 6.33 Å². The molecular weight excluding hydrogens is 384 g/mol. The summed E-state index contributed by atoms with van der Waals surface area (Å²) < 4.78 is 6.77. The van der Waals surface area contributed by atoms with Gasteiger partial charge in [0.25, 0.3) is 5.56 Å². The van der Waals surface area contributed by atoms with Gasteiger partial charge in [-0.25, -0.2) is 4.98 Å². The number of nitrogens with one attached hydrogen (secondary N) is 2. The van der Waals surface area contributed by atoms with Gasteiger partial charge >= 0.3 is 0 Å². The maximum Gasteiger partial charge on any atom is 0.297 e. The third kappa shape index (κ3) is 3.93. The Labute approximate surface area is 171 Å². The fourth-order valence-corrected chi connectivity index (χ4v) is 3.17. The van der Waals surface area contributed by atoms with Gasteiger partial charge in [-0.15, -0.1) is 0 Å². The van der Waals surface area contributed by atoms with Gasteiger partial charge in [-0.05, 0) is 24.6 Å². The maximum absolute atomic E-state index is 12.7. The number of para-hydroxylation sites is 1. The topological polar surface area (TPSA) is 106 Å². The minimum Gasteiger partial charge on any atom is -0.448 e. The molecule has 0 aliphatic rings. The van der Waals surface area contributed by atoms with E-state index in [1.54, 1.807) is 19.1 Å². The average Bonchev–Trinajstić information content (AvgIpc) is 3.14. The molecule has 1 atom stereocenters. The Balaban J connectivity index is 1.41. The lowest BCUT2D eigenvalue weighted by molar-refractivity contribution is -0.129. The number of nitrogens with zero attached hydrogens (tertiary/aromatic N) is 2. The van der Waals surface area contributed by atoms with Crippen molar-refractivity contribution in [1.29, 1.82) is 0 Å². The Morgan fingerprint density at radius 3 is 2.63 bits per heavy atom. The normalized spacial score (nSPS) is 12.0. The lowest BCUT2D eigenvalue weighted by Gasteiger charge is -2.14. The Hall–Kier alpha value is -3.94. The number of carbonyl (C=O) groups excluding carboxylic acids is 2. The summed E-state index contributed by atoms with van der Waals surface area (Å²) in [5, 5.41) is 6.11. The van der Waals surface area contributed by atoms with E-state index >= 15 is 0 Å². The van der Waals surface area contributed by atoms with Crippen LogP contribution in [0.25, 0.3) is 22.1 Å². The van der Waals surface area contributed by atoms with Crippen LogP contribution < -0.4 is 16.2 Å². The largest absolute Gasteiger partial charge is 0.448 e. The molecule has 0 aliphatic carbocycles. The summed E-state index contributed by atoms with van der Waals surface area (Å²) in [5.41, 5.74) is 1.62. The second-order valence-corrected chi connectivity index (χ2v) is 6.95. The molecule has 8 nitrogen and oxygen atoms in total. The fraction of sp³-hybridized carbons (Fsp3) is 0.182. The van der Waals surface area contributed by atoms with Crippen LogP contribution in [0.3, 0.4) is 0 Å². The Kier molecular flexibility index (Phi) is 5.30. The number of hydrogen-bond acceptors (Lipinski definition) is 5. The summed E-state index contributed by atoms with van der Waals surface area (Å²) in [4.78, 5) is 41.5. The maximum atomic E-state index is 12.7. The first kappa shape index (κ1) is 19.4. The van der Waals surface area contributed by atoms with Crippen LogP contribution in [0.4, 0.5) is 0 Å². The van der Waals surface area contributed by atoms with E-state index in [2.05, 4.69) is 15.6 Å². The van der Waals surface area contributed by atoms with Crippen molar-refractivity contribution in [3.05, 3.63) is 76.8 Å². The number of amides is 2. The third-order valence-electron chi connectivity index (χ3n) is 4.74. The summed E-state index contributed by atoms with van der Waals surface area (Å²) in [6, 6.07) is 15.9. The molecule has 152 valence electrons. The van der Waals surface area contributed by atoms with E-state index in [-0.39, 0.29) is 18.0 Å². The first-order valence-electron chi connectivity index (χ1n) is 9.50. The molecule has 2 N–H and O–H groups in total. The number of hydrogen-bond donors (Lipinski definition) is 2. The summed E-state index contributed by atoms with van der Waals surface area (Å²) in [5.74, 6) is -0.790. The van der Waals surface area contributed by atoms with Crippen LogP contribution in [0.15, 0.2) is 70.1 Å². The van der Waals surface area contributed by atoms with Crippen molar-refractivity contribution >= 4 is 33.9 Å². The molecule has 0 fully saturated rings. The van der Waals surface area contributed by atoms with Crippen molar-refractivity contribution in [2.75, 3.05) is 0 Å². The highest BCUT2D eigenvalue weighted by atomic mass is 16.3. The number of fused-ring (bicyclic) bond motifs is 3. The Bertz CT molecular complexity index is 1280. The van der Waals surface area contributed by atoms with Crippen molar-refractivity contribution < 1.29 is 14.0 Å². The van der Waals surface area contributed by atoms with Gasteiger partial charge in [0.15, 0.2) is 0 Å². The van der Waals surface area contributed by atoms with Gasteiger partial charge in [0.2, 0.25) is 17.4 Å². The van der Waals surface area contributed by atoms with Gasteiger partial charge in [-0.3, -0.25) is 19.0 Å². The van der Waals surface area contributed by atoms with E-state index in [4.69, 9.17) is 4.42 Å². The highest BCUT2D eigenvalue weighted by Gasteiger charge is 2.18. The molecule has 0 radical (unpaired) electrons. The van der Waals surface area contributed by atoms with Gasteiger partial charge < -0.3 is 15.1 Å². The molecule has 4 aromatic rings. The number of rotatable bonds is 6. The summed E-state index contributed by atoms with van der Waals surface area (Å²) in [6.45, 7) is 1.68. The molecule has 2 aromatic carbocycles. The lowest BCUT2D eigenvalue weighted by Crippen LogP contribution is -2.46. The van der Waals surface area contributed by atoms with Crippen molar-refractivity contribution in [2.24, 2.45) is 0 Å². The quantitative estimate of drug-likeness (QED) is 0.511. The van der Waals surface area contributed by atoms with Gasteiger partial charge in [0.1, 0.15) is 23.7 Å². The van der Waals surface area contributed by atoms with Crippen LogP contribution in [0.1, 0.15) is 12.5 Å². The van der Waals surface area contributed by atoms with Crippen LogP contribution >= 0.6 is 0 Å². The van der Waals surface area contributed by atoms with Crippen LogP contribution in [-0.2, 0) is 22.7 Å². The fourth-order valence-electron chi connectivity index (χ4n) is 3.17. The average molecular weight is 404 g/mol. The van der Waals surface area contributed by atoms with E-state index in [1.807, 2.05) is 42.5 Å². The first-order valence-corrected chi connectivity index (χ1v) is 9.50. The SMILES string of the molecule is CC(NC(=O)Cn1cnc2c(oc3ccccc32)c1=O)C(=O)NCc1ccccc1. The summed E-state index contributed by atoms with van der Waals surface area (Å²) in [6.07, 6.45) is 1.31. The Morgan fingerprint density at radius 2 is 1.83 bits per heavy atom. The molecule has 1 unspecified atom stereocenters. The zero-order valence-corrected chi connectivity index (χ0v) is 16.3. The number of carbonyl (C=O) groups is 2. The van der Waals surface area contributed by atoms with Gasteiger partial charge in [0.05, 0.1) is 6.33 Å². The molecule has 2 heterocycles. The molecule has 0 bridgehead atoms. The van der Waals surface area contributed by atoms with Gasteiger partial charge in [0, 0.05) is 11.9 Å². The standard InChI is InChI=1S/C22H20N4O4/c1-14(21(28)23-11-15-7-3-2-4-8-15)25-18(27)12-26-13-24-19-16-9-5-6-10-17(16)30-20(19)22(26)29/h2-10,13-14H,11-12H2,1H3,(H,23,28)(H,25,27). The zero-order chi connectivity index (χ0) is 21.1. The molecule has 4 rings (SSSR count). The first-order chi connectivity index (χ1) is 14.5. The smallest absolute Gasteiger partial charge is 0.297 e. The second kappa shape index (κ2) is 8.20. The summed E-state index contributed by atoms with van der Waals surface area (Å²) in [7, 11) is 0. The van der Waals surface area contributed by atoms with E-state index in [0.717, 1.165) is 15.5 Å². The predicted molar refractivity (Wildman–Crippen MR) is 112 cm³/mol. The van der Waals surface area contributed by atoms with Crippen LogP contribution in [0, 0.1) is 0 Å². The van der Waals surface area contributed by atoms with Crippen molar-refractivity contribution in [3.63, 3.8) is 0 Å². The minimum absolute atomic E-state index is 0.0974. The molecule has 2 aromatic heterocycles. The van der Waals surface area contributed by atoms with Crippen LogP contribution in [-0.4, -0.2) is 27.4 Å². The molecule has 2 amide bonds. The van der Waals surface area contributed by atoms with E-state index in [9.17, 15) is 14.4 Å². The molecule has 0 spiro atoms. The highest BCUT2D eigenvalue weighted by Crippen LogP contribution is 2.23. The summed E-state index contributed by atoms with van der Waals surface area (Å²) >= 11 is 0. The van der Waals surface area contributed by atoms with Crippen molar-refractivity contribution in [3.8, 4) is 0 Å². The number of aromatic nitrogens is 2. The number of benzene rings is 2. The van der Waals surface area contributed by atoms with Gasteiger partial charge in [-0.2, -0.15) is 0 Å². The molecule has 0 saturated heterocycles. The predicted octanol–water partition coefficient (Wildman–Crippen LogP) is 1.96. The molecule has 0 saturated carbocycles. The monoisotopic (exact) mass is 404 g/mol. The van der Waals surface area contributed by atoms with Crippen molar-refractivity contribution in [1.82, 2.24) is 20.2 Å². The Morgan fingerprint density at radius 1 is 1.10 bits per heavy atom. The third-order valence-corrected chi connectivity index (χ3v) is 4.74. The van der Waals surface area contributed by atoms with Crippen molar-refractivity contribution in [2.45, 2.75) is 26.1 Å². The molecule has 8 heteroatoms. The van der Waals surface area contributed by atoms with E-state index in [0.29, 0.717) is 17.6 Å². The van der Waals surface area contributed by atoms with E-state index < -0.39 is 17.5 Å².